The molecule has 0 spiro atoms. The van der Waals surface area contributed by atoms with Crippen LogP contribution in [0.15, 0.2) is 59.6 Å². The lowest BCUT2D eigenvalue weighted by molar-refractivity contribution is -0.137. The highest BCUT2D eigenvalue weighted by Gasteiger charge is 2.31. The largest absolute Gasteiger partial charge is 0.416 e. The van der Waals surface area contributed by atoms with Crippen LogP contribution >= 0.6 is 0 Å². The van der Waals surface area contributed by atoms with E-state index in [1.54, 1.807) is 10.9 Å². The molecule has 30 heavy (non-hydrogen) atoms. The lowest BCUT2D eigenvalue weighted by Gasteiger charge is -2.10. The Morgan fingerprint density at radius 1 is 1.07 bits per heavy atom. The van der Waals surface area contributed by atoms with Crippen molar-refractivity contribution in [1.82, 2.24) is 19.5 Å². The molecule has 4 rings (SSSR count). The van der Waals surface area contributed by atoms with E-state index in [-0.39, 0.29) is 11.4 Å². The number of nitrogens with one attached hydrogen (secondary N) is 1. The predicted octanol–water partition coefficient (Wildman–Crippen LogP) is 3.82. The fourth-order valence-corrected chi connectivity index (χ4v) is 4.17. The molecule has 0 bridgehead atoms. The van der Waals surface area contributed by atoms with E-state index in [2.05, 4.69) is 14.8 Å². The van der Waals surface area contributed by atoms with Gasteiger partial charge in [-0.15, -0.1) is 0 Å². The van der Waals surface area contributed by atoms with Gasteiger partial charge in [-0.1, -0.05) is 6.07 Å². The average Bonchev–Trinajstić information content (AvgIpc) is 3.48. The van der Waals surface area contributed by atoms with E-state index in [0.717, 1.165) is 54.2 Å². The number of benzene rings is 1. The molecule has 3 aromatic rings. The van der Waals surface area contributed by atoms with Crippen LogP contribution in [0.2, 0.25) is 0 Å². The molecule has 0 saturated heterocycles. The Labute approximate surface area is 171 Å². The van der Waals surface area contributed by atoms with Gasteiger partial charge in [0.2, 0.25) is 10.0 Å². The predicted molar refractivity (Wildman–Crippen MR) is 104 cm³/mol. The Hall–Kier alpha value is -2.72. The number of hydrogen-bond acceptors (Lipinski definition) is 4. The zero-order valence-electron chi connectivity index (χ0n) is 15.8. The van der Waals surface area contributed by atoms with Gasteiger partial charge < -0.3 is 0 Å². The molecule has 2 aromatic heterocycles. The van der Waals surface area contributed by atoms with Crippen molar-refractivity contribution in [2.75, 3.05) is 6.54 Å². The monoisotopic (exact) mass is 436 g/mol. The average molecular weight is 436 g/mol. The minimum atomic E-state index is -4.51. The molecular weight excluding hydrogens is 417 g/mol. The molecule has 1 aliphatic carbocycles. The number of halogens is 3. The highest BCUT2D eigenvalue weighted by Crippen LogP contribution is 2.41. The number of pyridine rings is 1. The molecule has 0 amide bonds. The van der Waals surface area contributed by atoms with Crippen molar-refractivity contribution in [3.05, 3.63) is 66.0 Å². The number of hydrogen-bond donors (Lipinski definition) is 1. The van der Waals surface area contributed by atoms with E-state index >= 15 is 0 Å². The fourth-order valence-electron chi connectivity index (χ4n) is 3.15. The summed E-state index contributed by atoms with van der Waals surface area (Å²) in [5.74, 6) is 0.404. The van der Waals surface area contributed by atoms with Crippen molar-refractivity contribution < 1.29 is 21.6 Å². The Kier molecular flexibility index (Phi) is 5.37. The summed E-state index contributed by atoms with van der Waals surface area (Å²) in [5, 5.41) is 4.57. The minimum absolute atomic E-state index is 0.0619. The molecule has 6 nitrogen and oxygen atoms in total. The van der Waals surface area contributed by atoms with Crippen molar-refractivity contribution >= 4 is 10.0 Å². The van der Waals surface area contributed by atoms with Gasteiger partial charge >= 0.3 is 6.18 Å². The molecular formula is C20H19F3N4O2S. The fraction of sp³-hybridized carbons (Fsp3) is 0.300. The highest BCUT2D eigenvalue weighted by molar-refractivity contribution is 7.89. The first-order valence-electron chi connectivity index (χ1n) is 9.40. The van der Waals surface area contributed by atoms with Crippen molar-refractivity contribution in [3.8, 4) is 11.4 Å². The molecule has 1 aliphatic rings. The van der Waals surface area contributed by atoms with Crippen molar-refractivity contribution in [3.63, 3.8) is 0 Å². The van der Waals surface area contributed by atoms with Gasteiger partial charge in [0, 0.05) is 24.4 Å². The van der Waals surface area contributed by atoms with Gasteiger partial charge in [-0.05, 0) is 55.3 Å². The molecule has 0 radical (unpaired) electrons. The zero-order valence-corrected chi connectivity index (χ0v) is 16.6. The van der Waals surface area contributed by atoms with Gasteiger partial charge in [-0.3, -0.25) is 9.67 Å². The second-order valence-corrected chi connectivity index (χ2v) is 8.85. The summed E-state index contributed by atoms with van der Waals surface area (Å²) >= 11 is 0. The second kappa shape index (κ2) is 7.84. The molecule has 1 saturated carbocycles. The molecule has 0 unspecified atom stereocenters. The van der Waals surface area contributed by atoms with Crippen molar-refractivity contribution in [2.45, 2.75) is 36.4 Å². The van der Waals surface area contributed by atoms with Crippen LogP contribution in [-0.2, 0) is 22.7 Å². The number of alkyl halides is 3. The van der Waals surface area contributed by atoms with Gasteiger partial charge in [0.25, 0.3) is 0 Å². The van der Waals surface area contributed by atoms with E-state index in [1.165, 1.54) is 0 Å². The molecule has 0 atom stereocenters. The summed E-state index contributed by atoms with van der Waals surface area (Å²) in [4.78, 5) is 4.08. The summed E-state index contributed by atoms with van der Waals surface area (Å²) < 4.78 is 67.0. The summed E-state index contributed by atoms with van der Waals surface area (Å²) in [6.45, 7) is 0.366. The maximum Gasteiger partial charge on any atom is 0.416 e. The molecule has 1 N–H and O–H groups in total. The lowest BCUT2D eigenvalue weighted by Crippen LogP contribution is -2.28. The van der Waals surface area contributed by atoms with E-state index in [4.69, 9.17) is 0 Å². The SMILES string of the molecule is O=S(=O)(NCCn1nc(-c2ccccn2)cc1C1CC1)c1ccc(C(F)(F)F)cc1. The van der Waals surface area contributed by atoms with Crippen LogP contribution in [0.3, 0.4) is 0 Å². The Morgan fingerprint density at radius 3 is 2.40 bits per heavy atom. The molecule has 0 aliphatic heterocycles. The molecule has 158 valence electrons. The zero-order chi connectivity index (χ0) is 21.4. The van der Waals surface area contributed by atoms with E-state index in [0.29, 0.717) is 12.5 Å². The third-order valence-electron chi connectivity index (χ3n) is 4.84. The summed E-state index contributed by atoms with van der Waals surface area (Å²) in [6, 6.07) is 10.9. The highest BCUT2D eigenvalue weighted by atomic mass is 32.2. The van der Waals surface area contributed by atoms with Gasteiger partial charge in [0.15, 0.2) is 0 Å². The third-order valence-corrected chi connectivity index (χ3v) is 6.32. The standard InChI is InChI=1S/C20H19F3N4O2S/c21-20(22,23)15-6-8-16(9-7-15)30(28,29)25-11-12-27-19(14-4-5-14)13-18(26-27)17-3-1-2-10-24-17/h1-3,6-10,13-14,25H,4-5,11-12H2. The van der Waals surface area contributed by atoms with Gasteiger partial charge in [-0.25, -0.2) is 13.1 Å². The molecule has 10 heteroatoms. The first-order chi connectivity index (χ1) is 14.2. The van der Waals surface area contributed by atoms with Crippen LogP contribution in [-0.4, -0.2) is 29.7 Å². The number of sulfonamides is 1. The number of rotatable bonds is 7. The van der Waals surface area contributed by atoms with E-state index < -0.39 is 21.8 Å². The summed E-state index contributed by atoms with van der Waals surface area (Å²) in [5.41, 5.74) is 1.60. The Balaban J connectivity index is 1.45. The topological polar surface area (TPSA) is 76.9 Å². The smallest absolute Gasteiger partial charge is 0.267 e. The summed E-state index contributed by atoms with van der Waals surface area (Å²) in [6.07, 6.45) is -0.709. The first-order valence-corrected chi connectivity index (χ1v) is 10.9. The van der Waals surface area contributed by atoms with E-state index in [9.17, 15) is 21.6 Å². The molecule has 1 aromatic carbocycles. The van der Waals surface area contributed by atoms with Gasteiger partial charge in [0.1, 0.15) is 5.69 Å². The van der Waals surface area contributed by atoms with Gasteiger partial charge in [0.05, 0.1) is 22.7 Å². The van der Waals surface area contributed by atoms with Crippen molar-refractivity contribution in [1.29, 1.82) is 0 Å². The quantitative estimate of drug-likeness (QED) is 0.611. The maximum atomic E-state index is 12.7. The van der Waals surface area contributed by atoms with Gasteiger partial charge in [-0.2, -0.15) is 18.3 Å². The second-order valence-electron chi connectivity index (χ2n) is 7.09. The molecule has 2 heterocycles. The van der Waals surface area contributed by atoms with Crippen LogP contribution in [0, 0.1) is 0 Å². The van der Waals surface area contributed by atoms with Crippen LogP contribution in [0.5, 0.6) is 0 Å². The molecule has 1 fully saturated rings. The van der Waals surface area contributed by atoms with Crippen LogP contribution in [0.4, 0.5) is 13.2 Å². The minimum Gasteiger partial charge on any atom is -0.267 e. The Bertz CT molecular complexity index is 1120. The summed E-state index contributed by atoms with van der Waals surface area (Å²) in [7, 11) is -3.93. The first kappa shape index (κ1) is 20.5. The third kappa shape index (κ3) is 4.54. The Morgan fingerprint density at radius 2 is 1.80 bits per heavy atom. The number of nitrogens with zero attached hydrogens (tertiary/aromatic N) is 3. The van der Waals surface area contributed by atoms with E-state index in [1.807, 2.05) is 24.3 Å². The van der Waals surface area contributed by atoms with Crippen LogP contribution in [0.25, 0.3) is 11.4 Å². The van der Waals surface area contributed by atoms with Crippen LogP contribution in [0.1, 0.15) is 30.0 Å². The maximum absolute atomic E-state index is 12.7. The lowest BCUT2D eigenvalue weighted by atomic mass is 10.2. The number of aromatic nitrogens is 3. The van der Waals surface area contributed by atoms with Crippen LogP contribution < -0.4 is 4.72 Å². The van der Waals surface area contributed by atoms with Crippen molar-refractivity contribution in [2.24, 2.45) is 0 Å². The normalized spacial score (nSPS) is 14.8.